The van der Waals surface area contributed by atoms with E-state index in [9.17, 15) is 4.79 Å². The Morgan fingerprint density at radius 2 is 2.13 bits per heavy atom. The predicted octanol–water partition coefficient (Wildman–Crippen LogP) is 2.85. The molecule has 0 rings (SSSR count). The molecule has 0 unspecified atom stereocenters. The third kappa shape index (κ3) is 10.6. The molecule has 0 spiro atoms. The number of carbonyl (C=O) groups excluding carboxylic acids is 1. The van der Waals surface area contributed by atoms with Gasteiger partial charge in [0.15, 0.2) is 0 Å². The molecule has 0 aliphatic carbocycles. The molecule has 1 N–H and O–H groups in total. The molecule has 0 bridgehead atoms. The lowest BCUT2D eigenvalue weighted by molar-refractivity contribution is 0.0529. The van der Waals surface area contributed by atoms with Crippen molar-refractivity contribution in [3.63, 3.8) is 0 Å². The number of hydrogen-bond acceptors (Lipinski definition) is 3. The molecule has 0 aliphatic rings. The summed E-state index contributed by atoms with van der Waals surface area (Å²) in [5.41, 5.74) is 1.81. The Bertz CT molecular complexity index is 229. The topological polar surface area (TPSA) is 50.7 Å². The summed E-state index contributed by atoms with van der Waals surface area (Å²) in [6, 6.07) is 0. The quantitative estimate of drug-likeness (QED) is 0.330. The highest BCUT2D eigenvalue weighted by molar-refractivity contribution is 5.69. The zero-order chi connectivity index (χ0) is 11.7. The SMILES string of the molecule is C=CCCC/C=N/NC(=O)OC(C)(C)C. The Labute approximate surface area is 91.4 Å². The Balaban J connectivity index is 3.58. The van der Waals surface area contributed by atoms with E-state index in [0.29, 0.717) is 0 Å². The number of allylic oxidation sites excluding steroid dienone is 1. The maximum Gasteiger partial charge on any atom is 0.428 e. The van der Waals surface area contributed by atoms with Gasteiger partial charge in [0, 0.05) is 6.21 Å². The molecule has 4 nitrogen and oxygen atoms in total. The number of rotatable bonds is 5. The number of amides is 1. The van der Waals surface area contributed by atoms with Crippen LogP contribution in [-0.2, 0) is 4.74 Å². The minimum absolute atomic E-state index is 0.484. The monoisotopic (exact) mass is 212 g/mol. The molecule has 0 radical (unpaired) electrons. The molecule has 0 heterocycles. The second kappa shape index (κ2) is 7.04. The maximum absolute atomic E-state index is 11.1. The summed E-state index contributed by atoms with van der Waals surface area (Å²) in [4.78, 5) is 11.1. The molecule has 1 amide bonds. The zero-order valence-corrected chi connectivity index (χ0v) is 9.75. The number of ether oxygens (including phenoxy) is 1. The van der Waals surface area contributed by atoms with Crippen molar-refractivity contribution in [3.05, 3.63) is 12.7 Å². The molecule has 0 aromatic rings. The van der Waals surface area contributed by atoms with Crippen LogP contribution in [-0.4, -0.2) is 17.9 Å². The molecule has 4 heteroatoms. The molecule has 0 aliphatic heterocycles. The molecule has 0 fully saturated rings. The first-order chi connectivity index (χ1) is 6.95. The van der Waals surface area contributed by atoms with Gasteiger partial charge in [-0.2, -0.15) is 5.10 Å². The van der Waals surface area contributed by atoms with Crippen LogP contribution in [0.5, 0.6) is 0 Å². The molecule has 15 heavy (non-hydrogen) atoms. The third-order valence-electron chi connectivity index (χ3n) is 1.39. The van der Waals surface area contributed by atoms with Crippen molar-refractivity contribution in [3.8, 4) is 0 Å². The second-order valence-corrected chi connectivity index (χ2v) is 4.14. The average Bonchev–Trinajstić information content (AvgIpc) is 2.08. The largest absolute Gasteiger partial charge is 0.443 e. The molecule has 0 aromatic heterocycles. The van der Waals surface area contributed by atoms with Gasteiger partial charge in [0.1, 0.15) is 5.60 Å². The first-order valence-corrected chi connectivity index (χ1v) is 5.07. The smallest absolute Gasteiger partial charge is 0.428 e. The van der Waals surface area contributed by atoms with E-state index in [1.54, 1.807) is 27.0 Å². The number of hydrogen-bond donors (Lipinski definition) is 1. The molecule has 0 atom stereocenters. The summed E-state index contributed by atoms with van der Waals surface area (Å²) in [7, 11) is 0. The number of nitrogens with zero attached hydrogens (tertiary/aromatic N) is 1. The predicted molar refractivity (Wildman–Crippen MR) is 61.9 cm³/mol. The lowest BCUT2D eigenvalue weighted by Crippen LogP contribution is -2.29. The minimum Gasteiger partial charge on any atom is -0.443 e. The van der Waals surface area contributed by atoms with Gasteiger partial charge in [-0.05, 0) is 40.0 Å². The fourth-order valence-electron chi connectivity index (χ4n) is 0.817. The van der Waals surface area contributed by atoms with E-state index in [4.69, 9.17) is 4.74 Å². The van der Waals surface area contributed by atoms with Gasteiger partial charge in [0.05, 0.1) is 0 Å². The van der Waals surface area contributed by atoms with E-state index in [2.05, 4.69) is 17.1 Å². The van der Waals surface area contributed by atoms with Gasteiger partial charge in [-0.1, -0.05) is 6.08 Å². The van der Waals surface area contributed by atoms with E-state index in [0.717, 1.165) is 19.3 Å². The Morgan fingerprint density at radius 1 is 1.47 bits per heavy atom. The van der Waals surface area contributed by atoms with E-state index >= 15 is 0 Å². The molecule has 0 saturated carbocycles. The summed E-state index contributed by atoms with van der Waals surface area (Å²) in [5.74, 6) is 0. The zero-order valence-electron chi connectivity index (χ0n) is 9.75. The van der Waals surface area contributed by atoms with Crippen molar-refractivity contribution in [1.29, 1.82) is 0 Å². The molecule has 86 valence electrons. The van der Waals surface area contributed by atoms with Gasteiger partial charge in [-0.3, -0.25) is 0 Å². The van der Waals surface area contributed by atoms with Gasteiger partial charge >= 0.3 is 6.09 Å². The molecule has 0 saturated heterocycles. The van der Waals surface area contributed by atoms with Crippen LogP contribution in [0.15, 0.2) is 17.8 Å². The first-order valence-electron chi connectivity index (χ1n) is 5.07. The molecular weight excluding hydrogens is 192 g/mol. The standard InChI is InChI=1S/C11H20N2O2/c1-5-6-7-8-9-12-13-10(14)15-11(2,3)4/h5,9H,1,6-8H2,2-4H3,(H,13,14)/b12-9+. The Kier molecular flexibility index (Phi) is 6.42. The van der Waals surface area contributed by atoms with Gasteiger partial charge < -0.3 is 4.74 Å². The molecular formula is C11H20N2O2. The highest BCUT2D eigenvalue weighted by Crippen LogP contribution is 2.06. The van der Waals surface area contributed by atoms with Crippen LogP contribution in [0.3, 0.4) is 0 Å². The summed E-state index contributed by atoms with van der Waals surface area (Å²) in [6.45, 7) is 9.03. The highest BCUT2D eigenvalue weighted by atomic mass is 16.6. The summed E-state index contributed by atoms with van der Waals surface area (Å²) in [6.07, 6.45) is 5.76. The van der Waals surface area contributed by atoms with Crippen LogP contribution in [0.2, 0.25) is 0 Å². The van der Waals surface area contributed by atoms with Crippen LogP contribution < -0.4 is 5.43 Å². The van der Waals surface area contributed by atoms with Gasteiger partial charge in [-0.25, -0.2) is 10.2 Å². The van der Waals surface area contributed by atoms with E-state index in [1.807, 2.05) is 6.08 Å². The number of carbonyl (C=O) groups is 1. The maximum atomic E-state index is 11.1. The number of hydrazone groups is 1. The van der Waals surface area contributed by atoms with Gasteiger partial charge in [-0.15, -0.1) is 6.58 Å². The Hall–Kier alpha value is -1.32. The van der Waals surface area contributed by atoms with Crippen LogP contribution in [0, 0.1) is 0 Å². The van der Waals surface area contributed by atoms with E-state index in [1.165, 1.54) is 0 Å². The normalized spacial score (nSPS) is 11.4. The second-order valence-electron chi connectivity index (χ2n) is 4.14. The van der Waals surface area contributed by atoms with Crippen molar-refractivity contribution >= 4 is 12.3 Å². The number of unbranched alkanes of at least 4 members (excludes halogenated alkanes) is 2. The van der Waals surface area contributed by atoms with Crippen molar-refractivity contribution < 1.29 is 9.53 Å². The van der Waals surface area contributed by atoms with E-state index in [-0.39, 0.29) is 0 Å². The van der Waals surface area contributed by atoms with Crippen molar-refractivity contribution in [2.45, 2.75) is 45.6 Å². The van der Waals surface area contributed by atoms with Crippen LogP contribution in [0.4, 0.5) is 4.79 Å². The van der Waals surface area contributed by atoms with Gasteiger partial charge in [0.2, 0.25) is 0 Å². The summed E-state index contributed by atoms with van der Waals surface area (Å²) in [5, 5.41) is 3.74. The van der Waals surface area contributed by atoms with Crippen molar-refractivity contribution in [2.75, 3.05) is 0 Å². The first kappa shape index (κ1) is 13.7. The molecule has 0 aromatic carbocycles. The fraction of sp³-hybridized carbons (Fsp3) is 0.636. The third-order valence-corrected chi connectivity index (χ3v) is 1.39. The van der Waals surface area contributed by atoms with Crippen molar-refractivity contribution in [1.82, 2.24) is 5.43 Å². The number of nitrogens with one attached hydrogen (secondary N) is 1. The average molecular weight is 212 g/mol. The van der Waals surface area contributed by atoms with Crippen LogP contribution in [0.25, 0.3) is 0 Å². The van der Waals surface area contributed by atoms with Crippen LogP contribution in [0.1, 0.15) is 40.0 Å². The van der Waals surface area contributed by atoms with Crippen LogP contribution >= 0.6 is 0 Å². The highest BCUT2D eigenvalue weighted by Gasteiger charge is 2.15. The van der Waals surface area contributed by atoms with Crippen molar-refractivity contribution in [2.24, 2.45) is 5.10 Å². The fourth-order valence-corrected chi connectivity index (χ4v) is 0.817. The minimum atomic E-state index is -0.525. The summed E-state index contributed by atoms with van der Waals surface area (Å²) >= 11 is 0. The lowest BCUT2D eigenvalue weighted by Gasteiger charge is -2.18. The summed E-state index contributed by atoms with van der Waals surface area (Å²) < 4.78 is 4.99. The Morgan fingerprint density at radius 3 is 2.67 bits per heavy atom. The lowest BCUT2D eigenvalue weighted by atomic mass is 10.2. The van der Waals surface area contributed by atoms with E-state index < -0.39 is 11.7 Å². The van der Waals surface area contributed by atoms with Gasteiger partial charge in [0.25, 0.3) is 0 Å².